The number of furan rings is 1. The molecule has 0 saturated carbocycles. The van der Waals surface area contributed by atoms with Gasteiger partial charge in [0.2, 0.25) is 10.9 Å². The third kappa shape index (κ3) is 5.45. The van der Waals surface area contributed by atoms with Crippen molar-refractivity contribution in [1.82, 2.24) is 10.2 Å². The zero-order valence-corrected chi connectivity index (χ0v) is 23.9. The number of ether oxygens (including phenoxy) is 2. The maximum absolute atomic E-state index is 13.5. The highest BCUT2D eigenvalue weighted by Crippen LogP contribution is 2.45. The van der Waals surface area contributed by atoms with Crippen LogP contribution >= 0.6 is 34.7 Å². The molecule has 0 fully saturated rings. The average Bonchev–Trinajstić information content (AvgIpc) is 3.70. The van der Waals surface area contributed by atoms with Crippen molar-refractivity contribution in [2.24, 2.45) is 0 Å². The van der Waals surface area contributed by atoms with Crippen molar-refractivity contribution < 1.29 is 28.6 Å². The van der Waals surface area contributed by atoms with Gasteiger partial charge < -0.3 is 19.0 Å². The number of rotatable bonds is 11. The number of hydrogen-bond donors (Lipinski definition) is 1. The summed E-state index contributed by atoms with van der Waals surface area (Å²) in [5.74, 6) is -0.569. The van der Waals surface area contributed by atoms with E-state index in [-0.39, 0.29) is 16.5 Å². The summed E-state index contributed by atoms with van der Waals surface area (Å²) in [7, 11) is 0. The molecule has 0 bridgehead atoms. The van der Waals surface area contributed by atoms with E-state index in [1.54, 1.807) is 24.3 Å². The van der Waals surface area contributed by atoms with E-state index in [4.69, 9.17) is 25.5 Å². The summed E-state index contributed by atoms with van der Waals surface area (Å²) in [6, 6.07) is 14.6. The number of nitrogens with zero attached hydrogens (tertiary/aromatic N) is 3. The van der Waals surface area contributed by atoms with E-state index in [1.165, 1.54) is 40.3 Å². The second-order valence-electron chi connectivity index (χ2n) is 8.45. The van der Waals surface area contributed by atoms with Gasteiger partial charge >= 0.3 is 0 Å². The molecule has 0 spiro atoms. The standard InChI is InChI=1S/C28H24ClN3O6S2/c1-3-36-19-12-11-16(14-21(19)37-4-2)23-22(24(33)20-10-7-13-38-20)25(34)26(35)32(23)27-30-31-28(40-27)39-15-17-8-5-6-9-18(17)29/h5-14,23,34H,3-4,15H2,1-2H3. The minimum Gasteiger partial charge on any atom is -0.503 e. The maximum atomic E-state index is 13.5. The lowest BCUT2D eigenvalue weighted by molar-refractivity contribution is -0.117. The molecule has 1 N–H and O–H groups in total. The number of thioether (sulfide) groups is 1. The molecule has 0 aliphatic carbocycles. The Kier molecular flexibility index (Phi) is 8.43. The first kappa shape index (κ1) is 27.8. The number of benzene rings is 2. The predicted molar refractivity (Wildman–Crippen MR) is 153 cm³/mol. The lowest BCUT2D eigenvalue weighted by Crippen LogP contribution is -2.31. The zero-order chi connectivity index (χ0) is 28.2. The number of anilines is 1. The van der Waals surface area contributed by atoms with Crippen molar-refractivity contribution >= 4 is 51.5 Å². The molecule has 1 atom stereocenters. The highest BCUT2D eigenvalue weighted by atomic mass is 35.5. The smallest absolute Gasteiger partial charge is 0.296 e. The van der Waals surface area contributed by atoms with Gasteiger partial charge in [-0.15, -0.1) is 10.2 Å². The maximum Gasteiger partial charge on any atom is 0.296 e. The van der Waals surface area contributed by atoms with Crippen molar-refractivity contribution in [3.63, 3.8) is 0 Å². The number of Topliss-reactive ketones (excluding diaryl/α,β-unsaturated/α-hetero) is 1. The molecule has 9 nitrogen and oxygen atoms in total. The van der Waals surface area contributed by atoms with E-state index < -0.39 is 23.5 Å². The third-order valence-electron chi connectivity index (χ3n) is 5.99. The predicted octanol–water partition coefficient (Wildman–Crippen LogP) is 6.66. The number of aliphatic hydroxyl groups is 1. The second kappa shape index (κ2) is 12.2. The van der Waals surface area contributed by atoms with E-state index in [9.17, 15) is 14.7 Å². The van der Waals surface area contributed by atoms with Crippen molar-refractivity contribution in [1.29, 1.82) is 0 Å². The Hall–Kier alpha value is -3.80. The fraction of sp³-hybridized carbons (Fsp3) is 0.214. The molecule has 2 aromatic heterocycles. The van der Waals surface area contributed by atoms with Crippen LogP contribution in [0, 0.1) is 0 Å². The van der Waals surface area contributed by atoms with E-state index in [0.29, 0.717) is 45.4 Å². The van der Waals surface area contributed by atoms with Crippen LogP contribution in [0.1, 0.15) is 41.6 Å². The largest absolute Gasteiger partial charge is 0.503 e. The molecule has 1 aliphatic heterocycles. The van der Waals surface area contributed by atoms with Crippen LogP contribution < -0.4 is 14.4 Å². The lowest BCUT2D eigenvalue weighted by Gasteiger charge is -2.24. The Morgan fingerprint density at radius 2 is 1.88 bits per heavy atom. The Morgan fingerprint density at radius 3 is 2.60 bits per heavy atom. The number of carbonyl (C=O) groups excluding carboxylic acids is 2. The fourth-order valence-electron chi connectivity index (χ4n) is 4.24. The molecule has 12 heteroatoms. The topological polar surface area (TPSA) is 115 Å². The van der Waals surface area contributed by atoms with Crippen LogP contribution in [-0.2, 0) is 10.5 Å². The monoisotopic (exact) mass is 597 g/mol. The number of aromatic nitrogens is 2. The first-order valence-electron chi connectivity index (χ1n) is 12.4. The Labute approximate surface area is 243 Å². The van der Waals surface area contributed by atoms with E-state index in [1.807, 2.05) is 38.1 Å². The van der Waals surface area contributed by atoms with Crippen LogP contribution in [0.4, 0.5) is 5.13 Å². The molecule has 1 unspecified atom stereocenters. The van der Waals surface area contributed by atoms with Gasteiger partial charge in [0.15, 0.2) is 27.4 Å². The molecule has 0 radical (unpaired) electrons. The second-order valence-corrected chi connectivity index (χ2v) is 11.0. The third-order valence-corrected chi connectivity index (χ3v) is 8.47. The highest BCUT2D eigenvalue weighted by molar-refractivity contribution is 8.00. The van der Waals surface area contributed by atoms with E-state index in [2.05, 4.69) is 10.2 Å². The summed E-state index contributed by atoms with van der Waals surface area (Å²) in [6.07, 6.45) is 1.35. The van der Waals surface area contributed by atoms with Gasteiger partial charge in [-0.3, -0.25) is 14.5 Å². The molecular formula is C28H24ClN3O6S2. The average molecular weight is 598 g/mol. The molecule has 4 aromatic rings. The normalized spacial score (nSPS) is 15.1. The van der Waals surface area contributed by atoms with Gasteiger partial charge in [0.1, 0.15) is 0 Å². The summed E-state index contributed by atoms with van der Waals surface area (Å²) in [5, 5.41) is 20.4. The van der Waals surface area contributed by atoms with E-state index >= 15 is 0 Å². The summed E-state index contributed by atoms with van der Waals surface area (Å²) in [6.45, 7) is 4.50. The summed E-state index contributed by atoms with van der Waals surface area (Å²) in [5.41, 5.74) is 1.32. The van der Waals surface area contributed by atoms with Crippen LogP contribution in [0.3, 0.4) is 0 Å². The zero-order valence-electron chi connectivity index (χ0n) is 21.5. The van der Waals surface area contributed by atoms with Crippen molar-refractivity contribution in [3.8, 4) is 11.5 Å². The first-order valence-corrected chi connectivity index (χ1v) is 14.5. The molecule has 2 aromatic carbocycles. The fourth-order valence-corrected chi connectivity index (χ4v) is 6.39. The molecule has 5 rings (SSSR count). The molecule has 40 heavy (non-hydrogen) atoms. The number of hydrogen-bond acceptors (Lipinski definition) is 10. The van der Waals surface area contributed by atoms with Crippen molar-refractivity contribution in [2.45, 2.75) is 30.0 Å². The Morgan fingerprint density at radius 1 is 1.10 bits per heavy atom. The molecule has 206 valence electrons. The first-order chi connectivity index (χ1) is 19.4. The number of carbonyl (C=O) groups is 2. The number of amides is 1. The van der Waals surface area contributed by atoms with Gasteiger partial charge in [-0.25, -0.2) is 0 Å². The highest BCUT2D eigenvalue weighted by Gasteiger charge is 2.47. The lowest BCUT2D eigenvalue weighted by atomic mass is 9.95. The van der Waals surface area contributed by atoms with Crippen molar-refractivity contribution in [3.05, 3.63) is 94.1 Å². The van der Waals surface area contributed by atoms with E-state index in [0.717, 1.165) is 5.56 Å². The number of halogens is 1. The Balaban J connectivity index is 1.54. The summed E-state index contributed by atoms with van der Waals surface area (Å²) >= 11 is 8.87. The Bertz CT molecular complexity index is 1570. The van der Waals surface area contributed by atoms with Gasteiger partial charge in [0, 0.05) is 10.8 Å². The van der Waals surface area contributed by atoms with Gasteiger partial charge in [0.05, 0.1) is 31.1 Å². The van der Waals surface area contributed by atoms with Gasteiger partial charge in [0.25, 0.3) is 5.91 Å². The molecule has 3 heterocycles. The summed E-state index contributed by atoms with van der Waals surface area (Å²) < 4.78 is 17.4. The number of ketones is 1. The minimum atomic E-state index is -1.02. The summed E-state index contributed by atoms with van der Waals surface area (Å²) in [4.78, 5) is 28.3. The quantitative estimate of drug-likeness (QED) is 0.115. The molecule has 0 saturated heterocycles. The van der Waals surface area contributed by atoms with Crippen LogP contribution in [0.2, 0.25) is 5.02 Å². The van der Waals surface area contributed by atoms with Crippen molar-refractivity contribution in [2.75, 3.05) is 18.1 Å². The van der Waals surface area contributed by atoms with Crippen LogP contribution in [-0.4, -0.2) is 40.2 Å². The van der Waals surface area contributed by atoms with Crippen LogP contribution in [0.15, 0.2) is 80.9 Å². The SMILES string of the molecule is CCOc1ccc(C2C(C(=O)c3ccco3)=C(O)C(=O)N2c2nnc(SCc3ccccc3Cl)s2)cc1OCC. The molecule has 1 amide bonds. The minimum absolute atomic E-state index is 0.00887. The van der Waals surface area contributed by atoms with Crippen LogP contribution in [0.25, 0.3) is 0 Å². The van der Waals surface area contributed by atoms with Gasteiger partial charge in [-0.2, -0.15) is 0 Å². The van der Waals surface area contributed by atoms with Gasteiger partial charge in [-0.05, 0) is 55.3 Å². The molecular weight excluding hydrogens is 574 g/mol. The molecule has 1 aliphatic rings. The van der Waals surface area contributed by atoms with Gasteiger partial charge in [-0.1, -0.05) is 59.0 Å². The van der Waals surface area contributed by atoms with Crippen LogP contribution in [0.5, 0.6) is 11.5 Å². The number of aliphatic hydroxyl groups excluding tert-OH is 1.